The van der Waals surface area contributed by atoms with Crippen LogP contribution < -0.4 is 5.32 Å². The molecule has 0 fully saturated rings. The van der Waals surface area contributed by atoms with E-state index in [1.807, 2.05) is 0 Å². The number of alkyl halides is 3. The van der Waals surface area contributed by atoms with E-state index in [4.69, 9.17) is 0 Å². The summed E-state index contributed by atoms with van der Waals surface area (Å²) >= 11 is 1.15. The molecule has 2 aromatic carbocycles. The number of nitrogens with one attached hydrogen (secondary N) is 1. The van der Waals surface area contributed by atoms with Crippen molar-refractivity contribution in [3.05, 3.63) is 52.1 Å². The quantitative estimate of drug-likeness (QED) is 0.517. The molecule has 0 radical (unpaired) electrons. The van der Waals surface area contributed by atoms with Crippen LogP contribution in [0.4, 0.5) is 30.2 Å². The number of nitro groups is 1. The van der Waals surface area contributed by atoms with Gasteiger partial charge in [0, 0.05) is 21.9 Å². The van der Waals surface area contributed by atoms with Gasteiger partial charge in [0.15, 0.2) is 0 Å². The fourth-order valence-corrected chi connectivity index (χ4v) is 2.98. The highest BCUT2D eigenvalue weighted by Crippen LogP contribution is 2.46. The Balaban J connectivity index is 2.00. The van der Waals surface area contributed by atoms with E-state index < -0.39 is 16.7 Å². The maximum absolute atomic E-state index is 12.7. The number of hydrogen-bond acceptors (Lipinski definition) is 4. The lowest BCUT2D eigenvalue weighted by atomic mass is 10.2. The molecule has 1 heterocycles. The summed E-state index contributed by atoms with van der Waals surface area (Å²) in [5.41, 5.74) is 0.223. The Morgan fingerprint density at radius 1 is 1.05 bits per heavy atom. The minimum atomic E-state index is -4.40. The third kappa shape index (κ3) is 2.54. The smallest absolute Gasteiger partial charge is 0.353 e. The SMILES string of the molecule is O=[N+]([O-])c1ccc2c(c1)Nc1ccc(C(F)(F)F)cc1S2. The van der Waals surface area contributed by atoms with Crippen LogP contribution in [-0.2, 0) is 6.18 Å². The topological polar surface area (TPSA) is 55.2 Å². The zero-order chi connectivity index (χ0) is 15.2. The molecular weight excluding hydrogens is 305 g/mol. The molecule has 0 saturated heterocycles. The molecule has 0 amide bonds. The molecule has 4 nitrogen and oxygen atoms in total. The van der Waals surface area contributed by atoms with Crippen molar-refractivity contribution in [3.8, 4) is 0 Å². The van der Waals surface area contributed by atoms with Gasteiger partial charge in [-0.3, -0.25) is 10.1 Å². The summed E-state index contributed by atoms with van der Waals surface area (Å²) in [4.78, 5) is 11.3. The molecule has 3 rings (SSSR count). The van der Waals surface area contributed by atoms with E-state index in [-0.39, 0.29) is 5.69 Å². The number of non-ortho nitro benzene ring substituents is 1. The summed E-state index contributed by atoms with van der Waals surface area (Å²) in [6.07, 6.45) is -4.40. The van der Waals surface area contributed by atoms with Crippen molar-refractivity contribution < 1.29 is 18.1 Å². The molecule has 1 aliphatic heterocycles. The Morgan fingerprint density at radius 2 is 1.81 bits per heavy atom. The van der Waals surface area contributed by atoms with Crippen LogP contribution in [-0.4, -0.2) is 4.92 Å². The number of halogens is 3. The molecule has 0 aromatic heterocycles. The molecular formula is C13H7F3N2O2S. The number of hydrogen-bond donors (Lipinski definition) is 1. The number of benzene rings is 2. The predicted octanol–water partition coefficient (Wildman–Crippen LogP) is 4.82. The number of nitrogens with zero attached hydrogens (tertiary/aromatic N) is 1. The van der Waals surface area contributed by atoms with Gasteiger partial charge in [0.2, 0.25) is 0 Å². The first-order chi connectivity index (χ1) is 9.84. The summed E-state index contributed by atoms with van der Waals surface area (Å²) in [5, 5.41) is 13.7. The zero-order valence-electron chi connectivity index (χ0n) is 10.3. The monoisotopic (exact) mass is 312 g/mol. The highest BCUT2D eigenvalue weighted by molar-refractivity contribution is 7.99. The van der Waals surface area contributed by atoms with E-state index in [9.17, 15) is 23.3 Å². The number of rotatable bonds is 1. The molecule has 0 atom stereocenters. The third-order valence-electron chi connectivity index (χ3n) is 2.97. The molecule has 0 unspecified atom stereocenters. The van der Waals surface area contributed by atoms with Gasteiger partial charge in [-0.25, -0.2) is 0 Å². The van der Waals surface area contributed by atoms with Crippen molar-refractivity contribution in [2.75, 3.05) is 5.32 Å². The van der Waals surface area contributed by atoms with Gasteiger partial charge in [0.05, 0.1) is 21.9 Å². The van der Waals surface area contributed by atoms with E-state index in [0.717, 1.165) is 23.9 Å². The first-order valence-electron chi connectivity index (χ1n) is 5.79. The van der Waals surface area contributed by atoms with Crippen molar-refractivity contribution in [1.29, 1.82) is 0 Å². The number of anilines is 2. The first kappa shape index (κ1) is 13.7. The van der Waals surface area contributed by atoms with E-state index in [1.165, 1.54) is 24.3 Å². The Morgan fingerprint density at radius 3 is 2.48 bits per heavy atom. The molecule has 0 spiro atoms. The van der Waals surface area contributed by atoms with Gasteiger partial charge < -0.3 is 5.32 Å². The highest BCUT2D eigenvalue weighted by atomic mass is 32.2. The van der Waals surface area contributed by atoms with Crippen molar-refractivity contribution in [3.63, 3.8) is 0 Å². The predicted molar refractivity (Wildman–Crippen MR) is 71.9 cm³/mol. The molecule has 0 saturated carbocycles. The van der Waals surface area contributed by atoms with Crippen molar-refractivity contribution in [2.45, 2.75) is 16.0 Å². The van der Waals surface area contributed by atoms with Gasteiger partial charge in [0.25, 0.3) is 5.69 Å². The lowest BCUT2D eigenvalue weighted by Crippen LogP contribution is -2.07. The van der Waals surface area contributed by atoms with Crippen LogP contribution in [0.15, 0.2) is 46.2 Å². The minimum Gasteiger partial charge on any atom is -0.353 e. The molecule has 21 heavy (non-hydrogen) atoms. The molecule has 2 aromatic rings. The summed E-state index contributed by atoms with van der Waals surface area (Å²) in [5.74, 6) is 0. The Labute approximate surface area is 121 Å². The van der Waals surface area contributed by atoms with Gasteiger partial charge in [-0.2, -0.15) is 13.2 Å². The van der Waals surface area contributed by atoms with Crippen LogP contribution in [0.3, 0.4) is 0 Å². The number of fused-ring (bicyclic) bond motifs is 2. The average Bonchev–Trinajstić information content (AvgIpc) is 2.42. The van der Waals surface area contributed by atoms with E-state index in [2.05, 4.69) is 5.32 Å². The maximum atomic E-state index is 12.7. The Hall–Kier alpha value is -2.22. The fraction of sp³-hybridized carbons (Fsp3) is 0.0769. The van der Waals surface area contributed by atoms with E-state index >= 15 is 0 Å². The summed E-state index contributed by atoms with van der Waals surface area (Å²) < 4.78 is 38.1. The van der Waals surface area contributed by atoms with Gasteiger partial charge in [-0.1, -0.05) is 11.8 Å². The van der Waals surface area contributed by atoms with Crippen molar-refractivity contribution >= 4 is 28.8 Å². The zero-order valence-corrected chi connectivity index (χ0v) is 11.1. The minimum absolute atomic E-state index is 0.0720. The highest BCUT2D eigenvalue weighted by Gasteiger charge is 2.32. The van der Waals surface area contributed by atoms with Crippen LogP contribution in [0.25, 0.3) is 0 Å². The maximum Gasteiger partial charge on any atom is 0.416 e. The molecule has 0 aliphatic carbocycles. The Bertz CT molecular complexity index is 747. The molecule has 1 aliphatic rings. The van der Waals surface area contributed by atoms with Crippen LogP contribution in [0, 0.1) is 10.1 Å². The molecule has 0 bridgehead atoms. The molecule has 1 N–H and O–H groups in total. The molecule has 8 heteroatoms. The van der Waals surface area contributed by atoms with Gasteiger partial charge in [-0.15, -0.1) is 0 Å². The largest absolute Gasteiger partial charge is 0.416 e. The normalized spacial score (nSPS) is 13.1. The summed E-state index contributed by atoms with van der Waals surface area (Å²) in [7, 11) is 0. The fourth-order valence-electron chi connectivity index (χ4n) is 1.97. The standard InChI is InChI=1S/C13H7F3N2O2S/c14-13(15,16)7-1-3-9-12(5-7)21-11-4-2-8(18(19)20)6-10(11)17-9/h1-6,17H. The van der Waals surface area contributed by atoms with Gasteiger partial charge in [-0.05, 0) is 24.3 Å². The summed E-state index contributed by atoms with van der Waals surface area (Å²) in [6, 6.07) is 7.59. The molecule has 108 valence electrons. The van der Waals surface area contributed by atoms with Crippen LogP contribution >= 0.6 is 11.8 Å². The second kappa shape index (κ2) is 4.66. The van der Waals surface area contributed by atoms with Gasteiger partial charge >= 0.3 is 6.18 Å². The number of nitro benzene ring substituents is 1. The lowest BCUT2D eigenvalue weighted by Gasteiger charge is -2.21. The Kier molecular flexibility index (Phi) is 3.05. The second-order valence-electron chi connectivity index (χ2n) is 4.37. The van der Waals surface area contributed by atoms with E-state index in [1.54, 1.807) is 0 Å². The third-order valence-corrected chi connectivity index (χ3v) is 4.11. The first-order valence-corrected chi connectivity index (χ1v) is 6.61. The van der Waals surface area contributed by atoms with Gasteiger partial charge in [0.1, 0.15) is 0 Å². The van der Waals surface area contributed by atoms with Crippen LogP contribution in [0.5, 0.6) is 0 Å². The van der Waals surface area contributed by atoms with Crippen molar-refractivity contribution in [2.24, 2.45) is 0 Å². The van der Waals surface area contributed by atoms with Crippen molar-refractivity contribution in [1.82, 2.24) is 0 Å². The second-order valence-corrected chi connectivity index (χ2v) is 5.46. The average molecular weight is 312 g/mol. The lowest BCUT2D eigenvalue weighted by molar-refractivity contribution is -0.384. The summed E-state index contributed by atoms with van der Waals surface area (Å²) in [6.45, 7) is 0. The van der Waals surface area contributed by atoms with E-state index in [0.29, 0.717) is 21.2 Å². The van der Waals surface area contributed by atoms with Crippen LogP contribution in [0.2, 0.25) is 0 Å². The van der Waals surface area contributed by atoms with Crippen LogP contribution in [0.1, 0.15) is 5.56 Å².